The van der Waals surface area contributed by atoms with Gasteiger partial charge in [-0.25, -0.2) is 0 Å². The van der Waals surface area contributed by atoms with E-state index in [0.29, 0.717) is 22.9 Å². The number of aryl methyl sites for hydroxylation is 1. The van der Waals surface area contributed by atoms with Crippen LogP contribution in [0.25, 0.3) is 0 Å². The van der Waals surface area contributed by atoms with Gasteiger partial charge in [0.15, 0.2) is 0 Å². The number of methoxy groups -OCH3 is 1. The summed E-state index contributed by atoms with van der Waals surface area (Å²) < 4.78 is 5.48. The molecule has 0 unspecified atom stereocenters. The van der Waals surface area contributed by atoms with Gasteiger partial charge in [0.25, 0.3) is 5.91 Å². The number of carbonyl (C=O) groups is 2. The maximum atomic E-state index is 12.8. The molecule has 0 saturated heterocycles. The maximum Gasteiger partial charge on any atom is 0.251 e. The normalized spacial score (nSPS) is 13.1. The first-order valence-electron chi connectivity index (χ1n) is 9.02. The molecule has 6 heteroatoms. The maximum absolute atomic E-state index is 12.8. The van der Waals surface area contributed by atoms with E-state index in [2.05, 4.69) is 12.2 Å². The predicted octanol–water partition coefficient (Wildman–Crippen LogP) is 3.76. The second-order valence-corrected chi connectivity index (χ2v) is 7.01. The number of carbonyl (C=O) groups excluding carboxylic acids is 2. The van der Waals surface area contributed by atoms with Crippen LogP contribution in [0.1, 0.15) is 34.3 Å². The SMILES string of the molecule is COc1ccc(C)c2c1N(C(=O)CCNC(=O)c1ccc(Cl)cc1)CCC2. The summed E-state index contributed by atoms with van der Waals surface area (Å²) >= 11 is 5.83. The third-order valence-corrected chi connectivity index (χ3v) is 5.06. The Morgan fingerprint density at radius 3 is 2.63 bits per heavy atom. The quantitative estimate of drug-likeness (QED) is 0.851. The number of anilines is 1. The molecule has 2 aromatic rings. The Morgan fingerprint density at radius 2 is 1.93 bits per heavy atom. The lowest BCUT2D eigenvalue weighted by Crippen LogP contribution is -2.38. The average molecular weight is 387 g/mol. The average Bonchev–Trinajstić information content (AvgIpc) is 2.68. The smallest absolute Gasteiger partial charge is 0.251 e. The summed E-state index contributed by atoms with van der Waals surface area (Å²) in [5, 5.41) is 3.37. The molecule has 0 aliphatic carbocycles. The van der Waals surface area contributed by atoms with E-state index in [4.69, 9.17) is 16.3 Å². The van der Waals surface area contributed by atoms with E-state index in [0.717, 1.165) is 18.5 Å². The monoisotopic (exact) mass is 386 g/mol. The number of nitrogens with one attached hydrogen (secondary N) is 1. The standard InChI is InChI=1S/C21H23ClN2O3/c1-14-5-10-18(27-2)20-17(14)4-3-13-24(20)19(25)11-12-23-21(26)15-6-8-16(22)9-7-15/h5-10H,3-4,11-13H2,1-2H3,(H,23,26). The molecule has 0 atom stereocenters. The molecular formula is C21H23ClN2O3. The zero-order valence-electron chi connectivity index (χ0n) is 15.5. The number of rotatable bonds is 5. The minimum atomic E-state index is -0.216. The topological polar surface area (TPSA) is 58.6 Å². The Balaban J connectivity index is 1.65. The Labute approximate surface area is 164 Å². The van der Waals surface area contributed by atoms with Gasteiger partial charge in [0.2, 0.25) is 5.91 Å². The van der Waals surface area contributed by atoms with Crippen molar-refractivity contribution in [3.8, 4) is 5.75 Å². The van der Waals surface area contributed by atoms with Crippen molar-refractivity contribution in [2.75, 3.05) is 25.1 Å². The minimum Gasteiger partial charge on any atom is -0.495 e. The van der Waals surface area contributed by atoms with Crippen molar-refractivity contribution < 1.29 is 14.3 Å². The van der Waals surface area contributed by atoms with Crippen LogP contribution in [-0.4, -0.2) is 32.0 Å². The molecule has 0 aromatic heterocycles. The summed E-state index contributed by atoms with van der Waals surface area (Å²) in [4.78, 5) is 26.8. The highest BCUT2D eigenvalue weighted by Crippen LogP contribution is 2.38. The molecule has 5 nitrogen and oxygen atoms in total. The molecule has 3 rings (SSSR count). The van der Waals surface area contributed by atoms with Gasteiger partial charge in [-0.1, -0.05) is 17.7 Å². The molecule has 0 spiro atoms. The van der Waals surface area contributed by atoms with Crippen molar-refractivity contribution in [1.29, 1.82) is 0 Å². The van der Waals surface area contributed by atoms with Crippen LogP contribution in [-0.2, 0) is 11.2 Å². The van der Waals surface area contributed by atoms with Crippen molar-refractivity contribution in [2.24, 2.45) is 0 Å². The van der Waals surface area contributed by atoms with Crippen LogP contribution >= 0.6 is 11.6 Å². The van der Waals surface area contributed by atoms with Crippen LogP contribution < -0.4 is 15.0 Å². The van der Waals surface area contributed by atoms with Crippen molar-refractivity contribution in [3.05, 3.63) is 58.1 Å². The van der Waals surface area contributed by atoms with Gasteiger partial charge in [-0.15, -0.1) is 0 Å². The van der Waals surface area contributed by atoms with Gasteiger partial charge in [-0.3, -0.25) is 9.59 Å². The van der Waals surface area contributed by atoms with Crippen LogP contribution in [0.3, 0.4) is 0 Å². The second kappa shape index (κ2) is 8.44. The first kappa shape index (κ1) is 19.2. The van der Waals surface area contributed by atoms with Gasteiger partial charge < -0.3 is 15.0 Å². The number of nitrogens with zero attached hydrogens (tertiary/aromatic N) is 1. The lowest BCUT2D eigenvalue weighted by Gasteiger charge is -2.32. The largest absolute Gasteiger partial charge is 0.495 e. The Morgan fingerprint density at radius 1 is 1.19 bits per heavy atom. The lowest BCUT2D eigenvalue weighted by molar-refractivity contribution is -0.118. The van der Waals surface area contributed by atoms with Crippen molar-refractivity contribution in [1.82, 2.24) is 5.32 Å². The number of halogens is 1. The number of fused-ring (bicyclic) bond motifs is 1. The van der Waals surface area contributed by atoms with E-state index in [9.17, 15) is 9.59 Å². The fraction of sp³-hybridized carbons (Fsp3) is 0.333. The van der Waals surface area contributed by atoms with Crippen LogP contribution in [0.4, 0.5) is 5.69 Å². The summed E-state index contributed by atoms with van der Waals surface area (Å²) in [5.74, 6) is 0.483. The molecule has 0 radical (unpaired) electrons. The van der Waals surface area contributed by atoms with Gasteiger partial charge in [-0.2, -0.15) is 0 Å². The number of ether oxygens (including phenoxy) is 1. The van der Waals surface area contributed by atoms with E-state index in [1.807, 2.05) is 12.1 Å². The molecule has 1 heterocycles. The molecule has 27 heavy (non-hydrogen) atoms. The fourth-order valence-electron chi connectivity index (χ4n) is 3.39. The van der Waals surface area contributed by atoms with Crippen molar-refractivity contribution >= 4 is 29.1 Å². The van der Waals surface area contributed by atoms with Crippen molar-refractivity contribution in [3.63, 3.8) is 0 Å². The molecule has 2 amide bonds. The first-order chi connectivity index (χ1) is 13.0. The van der Waals surface area contributed by atoms with Crippen molar-refractivity contribution in [2.45, 2.75) is 26.2 Å². The Kier molecular flexibility index (Phi) is 6.01. The van der Waals surface area contributed by atoms with E-state index < -0.39 is 0 Å². The highest BCUT2D eigenvalue weighted by Gasteiger charge is 2.26. The summed E-state index contributed by atoms with van der Waals surface area (Å²) in [7, 11) is 1.62. The molecule has 0 fully saturated rings. The zero-order valence-corrected chi connectivity index (χ0v) is 16.3. The summed E-state index contributed by atoms with van der Waals surface area (Å²) in [6.45, 7) is 3.00. The molecule has 1 aliphatic rings. The minimum absolute atomic E-state index is 0.0174. The van der Waals surface area contributed by atoms with Gasteiger partial charge in [0.05, 0.1) is 12.8 Å². The Bertz CT molecular complexity index is 849. The zero-order chi connectivity index (χ0) is 19.4. The van der Waals surface area contributed by atoms with Crippen LogP contribution in [0.5, 0.6) is 5.75 Å². The number of hydrogen-bond acceptors (Lipinski definition) is 3. The van der Waals surface area contributed by atoms with Crippen LogP contribution in [0.15, 0.2) is 36.4 Å². The van der Waals surface area contributed by atoms with E-state index in [1.54, 1.807) is 36.3 Å². The number of amides is 2. The summed E-state index contributed by atoms with van der Waals surface area (Å²) in [6.07, 6.45) is 2.09. The molecule has 1 N–H and O–H groups in total. The predicted molar refractivity (Wildman–Crippen MR) is 107 cm³/mol. The number of benzene rings is 2. The van der Waals surface area contributed by atoms with Gasteiger partial charge >= 0.3 is 0 Å². The molecule has 1 aliphatic heterocycles. The second-order valence-electron chi connectivity index (χ2n) is 6.57. The van der Waals surface area contributed by atoms with Gasteiger partial charge in [0.1, 0.15) is 5.75 Å². The molecular weight excluding hydrogens is 364 g/mol. The summed E-state index contributed by atoms with van der Waals surface area (Å²) in [6, 6.07) is 10.6. The number of hydrogen-bond donors (Lipinski definition) is 1. The lowest BCUT2D eigenvalue weighted by atomic mass is 9.96. The fourth-order valence-corrected chi connectivity index (χ4v) is 3.51. The third kappa shape index (κ3) is 4.25. The van der Waals surface area contributed by atoms with Gasteiger partial charge in [0, 0.05) is 30.1 Å². The highest BCUT2D eigenvalue weighted by molar-refractivity contribution is 6.30. The van der Waals surface area contributed by atoms with Crippen LogP contribution in [0, 0.1) is 6.92 Å². The molecule has 0 bridgehead atoms. The molecule has 0 saturated carbocycles. The highest BCUT2D eigenvalue weighted by atomic mass is 35.5. The third-order valence-electron chi connectivity index (χ3n) is 4.81. The molecule has 142 valence electrons. The van der Waals surface area contributed by atoms with E-state index in [1.165, 1.54) is 11.1 Å². The van der Waals surface area contributed by atoms with E-state index >= 15 is 0 Å². The van der Waals surface area contributed by atoms with E-state index in [-0.39, 0.29) is 24.8 Å². The van der Waals surface area contributed by atoms with Gasteiger partial charge in [-0.05, 0) is 61.2 Å². The first-order valence-corrected chi connectivity index (χ1v) is 9.39. The van der Waals surface area contributed by atoms with Crippen LogP contribution in [0.2, 0.25) is 5.02 Å². The Hall–Kier alpha value is -2.53. The summed E-state index contributed by atoms with van der Waals surface area (Å²) in [5.41, 5.74) is 3.73. The molecule has 2 aromatic carbocycles.